The largest absolute Gasteiger partial charge is 0.322 e. The van der Waals surface area contributed by atoms with Crippen molar-refractivity contribution in [2.75, 3.05) is 14.8 Å². The summed E-state index contributed by atoms with van der Waals surface area (Å²) in [7, 11) is -7.84. The Bertz CT molecular complexity index is 1700. The Balaban J connectivity index is 1.49. The van der Waals surface area contributed by atoms with Gasteiger partial charge < -0.3 is 5.32 Å². The summed E-state index contributed by atoms with van der Waals surface area (Å²) >= 11 is 18.0. The number of carbonyl (C=O) groups excluding carboxylic acids is 1. The highest BCUT2D eigenvalue weighted by molar-refractivity contribution is 7.93. The van der Waals surface area contributed by atoms with Crippen molar-refractivity contribution in [1.82, 2.24) is 0 Å². The predicted octanol–water partition coefficient (Wildman–Crippen LogP) is 6.50. The molecule has 1 amide bonds. The Hall–Kier alpha value is -3.28. The van der Waals surface area contributed by atoms with Crippen LogP contribution in [0.15, 0.2) is 101 Å². The van der Waals surface area contributed by atoms with Crippen LogP contribution >= 0.6 is 34.8 Å². The summed E-state index contributed by atoms with van der Waals surface area (Å²) in [6.07, 6.45) is 0. The topological polar surface area (TPSA) is 121 Å². The van der Waals surface area contributed by atoms with Gasteiger partial charge in [-0.05, 0) is 72.8 Å². The van der Waals surface area contributed by atoms with Crippen LogP contribution in [-0.4, -0.2) is 22.7 Å². The Kier molecular flexibility index (Phi) is 8.19. The Labute approximate surface area is 234 Å². The van der Waals surface area contributed by atoms with Gasteiger partial charge in [0.15, 0.2) is 0 Å². The number of halogens is 3. The van der Waals surface area contributed by atoms with Crippen molar-refractivity contribution >= 4 is 77.8 Å². The van der Waals surface area contributed by atoms with Crippen molar-refractivity contribution in [3.8, 4) is 0 Å². The maximum Gasteiger partial charge on any atom is 0.261 e. The van der Waals surface area contributed by atoms with E-state index in [2.05, 4.69) is 14.8 Å². The van der Waals surface area contributed by atoms with Crippen LogP contribution in [0.4, 0.5) is 17.1 Å². The molecule has 0 unspecified atom stereocenters. The lowest BCUT2D eigenvalue weighted by Gasteiger charge is -2.12. The van der Waals surface area contributed by atoms with Gasteiger partial charge in [-0.3, -0.25) is 14.2 Å². The van der Waals surface area contributed by atoms with E-state index in [1.165, 1.54) is 72.8 Å². The van der Waals surface area contributed by atoms with E-state index >= 15 is 0 Å². The molecule has 0 spiro atoms. The number of anilines is 3. The molecule has 0 atom stereocenters. The van der Waals surface area contributed by atoms with Gasteiger partial charge in [-0.1, -0.05) is 53.0 Å². The first-order valence-corrected chi connectivity index (χ1v) is 14.8. The third-order valence-electron chi connectivity index (χ3n) is 5.05. The van der Waals surface area contributed by atoms with Crippen molar-refractivity contribution in [3.63, 3.8) is 0 Å². The maximum atomic E-state index is 12.9. The molecule has 3 N–H and O–H groups in total. The number of hydrogen-bond donors (Lipinski definition) is 3. The first-order valence-electron chi connectivity index (χ1n) is 10.7. The van der Waals surface area contributed by atoms with Crippen LogP contribution in [0.2, 0.25) is 15.1 Å². The summed E-state index contributed by atoms with van der Waals surface area (Å²) in [6, 6.07) is 21.6. The molecule has 0 saturated carbocycles. The summed E-state index contributed by atoms with van der Waals surface area (Å²) < 4.78 is 55.5. The van der Waals surface area contributed by atoms with Gasteiger partial charge in [-0.15, -0.1) is 0 Å². The predicted molar refractivity (Wildman–Crippen MR) is 150 cm³/mol. The van der Waals surface area contributed by atoms with E-state index in [0.29, 0.717) is 0 Å². The van der Waals surface area contributed by atoms with E-state index in [0.717, 1.165) is 0 Å². The fraction of sp³-hybridized carbons (Fsp3) is 0. The van der Waals surface area contributed by atoms with Gasteiger partial charge in [-0.2, -0.15) is 0 Å². The lowest BCUT2D eigenvalue weighted by atomic mass is 10.2. The van der Waals surface area contributed by atoms with Crippen molar-refractivity contribution in [1.29, 1.82) is 0 Å². The number of carbonyl (C=O) groups is 1. The molecule has 0 bridgehead atoms. The normalized spacial score (nSPS) is 11.6. The molecule has 0 aromatic heterocycles. The number of hydrogen-bond acceptors (Lipinski definition) is 5. The van der Waals surface area contributed by atoms with E-state index in [1.807, 2.05) is 0 Å². The van der Waals surface area contributed by atoms with Gasteiger partial charge >= 0.3 is 0 Å². The van der Waals surface area contributed by atoms with Crippen molar-refractivity contribution < 1.29 is 21.6 Å². The highest BCUT2D eigenvalue weighted by Crippen LogP contribution is 2.26. The highest BCUT2D eigenvalue weighted by Gasteiger charge is 2.18. The van der Waals surface area contributed by atoms with Gasteiger partial charge in [0.2, 0.25) is 0 Å². The lowest BCUT2D eigenvalue weighted by Crippen LogP contribution is -2.16. The van der Waals surface area contributed by atoms with E-state index in [4.69, 9.17) is 34.8 Å². The van der Waals surface area contributed by atoms with E-state index in [9.17, 15) is 21.6 Å². The smallest absolute Gasteiger partial charge is 0.261 e. The van der Waals surface area contributed by atoms with Crippen LogP contribution in [-0.2, 0) is 20.0 Å². The minimum Gasteiger partial charge on any atom is -0.322 e. The maximum absolute atomic E-state index is 12.9. The molecular weight excluding hydrogens is 593 g/mol. The van der Waals surface area contributed by atoms with E-state index in [-0.39, 0.29) is 47.5 Å². The molecular formula is C25H18Cl3N3O5S2. The fourth-order valence-electron chi connectivity index (χ4n) is 3.32. The lowest BCUT2D eigenvalue weighted by molar-refractivity contribution is 0.102. The molecule has 38 heavy (non-hydrogen) atoms. The average Bonchev–Trinajstić information content (AvgIpc) is 2.85. The average molecular weight is 611 g/mol. The first kappa shape index (κ1) is 27.7. The zero-order valence-corrected chi connectivity index (χ0v) is 23.1. The first-order chi connectivity index (χ1) is 17.9. The molecule has 0 radical (unpaired) electrons. The Morgan fingerprint density at radius 1 is 0.579 bits per heavy atom. The molecule has 4 aromatic carbocycles. The second-order valence-corrected chi connectivity index (χ2v) is 12.5. The number of benzene rings is 4. The summed E-state index contributed by atoms with van der Waals surface area (Å²) in [4.78, 5) is 12.9. The molecule has 0 aliphatic heterocycles. The van der Waals surface area contributed by atoms with E-state index < -0.39 is 26.0 Å². The van der Waals surface area contributed by atoms with Crippen LogP contribution < -0.4 is 14.8 Å². The molecule has 0 saturated heterocycles. The summed E-state index contributed by atoms with van der Waals surface area (Å²) in [5, 5.41) is 3.24. The molecule has 8 nitrogen and oxygen atoms in total. The van der Waals surface area contributed by atoms with Crippen LogP contribution in [0.5, 0.6) is 0 Å². The molecule has 4 aromatic rings. The minimum absolute atomic E-state index is 0.0103. The molecule has 0 aliphatic rings. The van der Waals surface area contributed by atoms with Crippen molar-refractivity contribution in [2.45, 2.75) is 9.79 Å². The quantitative estimate of drug-likeness (QED) is 0.210. The molecule has 0 heterocycles. The SMILES string of the molecule is O=C(Nc1ccc(S(=O)(=O)Nc2cc(Cl)cc(Cl)c2)cc1)c1cc(NS(=O)(=O)c2ccccc2)ccc1Cl. The Morgan fingerprint density at radius 2 is 1.11 bits per heavy atom. The van der Waals surface area contributed by atoms with E-state index in [1.54, 1.807) is 18.2 Å². The summed E-state index contributed by atoms with van der Waals surface area (Å²) in [5.74, 6) is -0.627. The van der Waals surface area contributed by atoms with Gasteiger partial charge in [0.1, 0.15) is 0 Å². The second kappa shape index (κ2) is 11.2. The zero-order valence-electron chi connectivity index (χ0n) is 19.2. The second-order valence-electron chi connectivity index (χ2n) is 7.86. The van der Waals surface area contributed by atoms with Crippen LogP contribution in [0.3, 0.4) is 0 Å². The molecule has 0 aliphatic carbocycles. The van der Waals surface area contributed by atoms with Gasteiger partial charge in [0, 0.05) is 21.4 Å². The third kappa shape index (κ3) is 6.77. The van der Waals surface area contributed by atoms with Crippen LogP contribution in [0, 0.1) is 0 Å². The van der Waals surface area contributed by atoms with Gasteiger partial charge in [0.25, 0.3) is 26.0 Å². The Morgan fingerprint density at radius 3 is 1.71 bits per heavy atom. The minimum atomic E-state index is -3.96. The third-order valence-corrected chi connectivity index (χ3v) is 8.61. The number of amides is 1. The van der Waals surface area contributed by atoms with Gasteiger partial charge in [-0.25, -0.2) is 16.8 Å². The molecule has 4 rings (SSSR count). The molecule has 196 valence electrons. The van der Waals surface area contributed by atoms with Crippen LogP contribution in [0.1, 0.15) is 10.4 Å². The summed E-state index contributed by atoms with van der Waals surface area (Å²) in [6.45, 7) is 0. The zero-order chi connectivity index (χ0) is 27.5. The monoisotopic (exact) mass is 609 g/mol. The van der Waals surface area contributed by atoms with Crippen molar-refractivity contribution in [3.05, 3.63) is 112 Å². The highest BCUT2D eigenvalue weighted by atomic mass is 35.5. The van der Waals surface area contributed by atoms with Crippen molar-refractivity contribution in [2.24, 2.45) is 0 Å². The number of sulfonamides is 2. The number of rotatable bonds is 8. The van der Waals surface area contributed by atoms with Gasteiger partial charge in [0.05, 0.1) is 26.1 Å². The summed E-state index contributed by atoms with van der Waals surface area (Å²) in [5.41, 5.74) is 0.622. The van der Waals surface area contributed by atoms with Crippen LogP contribution in [0.25, 0.3) is 0 Å². The number of nitrogens with one attached hydrogen (secondary N) is 3. The molecule has 13 heteroatoms. The fourth-order valence-corrected chi connectivity index (χ4v) is 6.16. The standard InChI is InChI=1S/C25H18Cl3N3O5S2/c26-16-12-17(27)14-20(13-16)31-38(35,36)22-9-6-18(7-10-22)29-25(32)23-15-19(8-11-24(23)28)30-37(33,34)21-4-2-1-3-5-21/h1-15,30-31H,(H,29,32). The molecule has 0 fully saturated rings.